The summed E-state index contributed by atoms with van der Waals surface area (Å²) >= 11 is 3.35. The van der Waals surface area contributed by atoms with Crippen molar-refractivity contribution in [1.29, 1.82) is 0 Å². The molecule has 1 fully saturated rings. The molecule has 1 saturated heterocycles. The number of nitrogens with one attached hydrogen (secondary N) is 1. The molecule has 130 valence electrons. The first-order chi connectivity index (χ1) is 12.2. The Morgan fingerprint density at radius 2 is 1.80 bits per heavy atom. The Labute approximate surface area is 155 Å². The molecule has 0 bridgehead atoms. The number of amides is 1. The summed E-state index contributed by atoms with van der Waals surface area (Å²) in [5.74, 6) is 0.340. The molecular weight excluding hydrogens is 382 g/mol. The number of benzene rings is 2. The van der Waals surface area contributed by atoms with Crippen molar-refractivity contribution >= 4 is 33.7 Å². The van der Waals surface area contributed by atoms with Crippen molar-refractivity contribution in [1.82, 2.24) is 5.43 Å². The summed E-state index contributed by atoms with van der Waals surface area (Å²) in [6.45, 7) is 2.18. The lowest BCUT2D eigenvalue weighted by atomic mass is 10.2. The smallest absolute Gasteiger partial charge is 0.277 e. The number of carbonyl (C=O) groups is 1. The summed E-state index contributed by atoms with van der Waals surface area (Å²) in [6.07, 6.45) is 4.15. The number of ether oxygens (including phenoxy) is 1. The number of hydrogen-bond donors (Lipinski definition) is 1. The van der Waals surface area contributed by atoms with Gasteiger partial charge in [0.15, 0.2) is 6.61 Å². The van der Waals surface area contributed by atoms with Crippen LogP contribution in [-0.4, -0.2) is 31.8 Å². The number of halogens is 1. The quantitative estimate of drug-likeness (QED) is 0.594. The predicted molar refractivity (Wildman–Crippen MR) is 103 cm³/mol. The van der Waals surface area contributed by atoms with Crippen LogP contribution in [0.1, 0.15) is 18.4 Å². The number of anilines is 1. The minimum absolute atomic E-state index is 0.0765. The van der Waals surface area contributed by atoms with Crippen LogP contribution in [0.2, 0.25) is 0 Å². The van der Waals surface area contributed by atoms with E-state index in [9.17, 15) is 4.79 Å². The van der Waals surface area contributed by atoms with Crippen molar-refractivity contribution in [3.8, 4) is 5.75 Å². The maximum atomic E-state index is 11.7. The van der Waals surface area contributed by atoms with E-state index in [0.29, 0.717) is 5.75 Å². The number of carbonyl (C=O) groups excluding carboxylic acids is 1. The molecule has 1 N–H and O–H groups in total. The summed E-state index contributed by atoms with van der Waals surface area (Å²) in [4.78, 5) is 14.1. The van der Waals surface area contributed by atoms with E-state index in [2.05, 4.69) is 43.5 Å². The average molecular weight is 402 g/mol. The second kappa shape index (κ2) is 8.67. The number of nitrogens with zero attached hydrogens (tertiary/aromatic N) is 2. The van der Waals surface area contributed by atoms with Gasteiger partial charge in [0.05, 0.1) is 6.21 Å². The number of rotatable bonds is 6. The van der Waals surface area contributed by atoms with Gasteiger partial charge in [-0.15, -0.1) is 0 Å². The molecule has 25 heavy (non-hydrogen) atoms. The highest BCUT2D eigenvalue weighted by molar-refractivity contribution is 9.10. The summed E-state index contributed by atoms with van der Waals surface area (Å²) in [5, 5.41) is 3.97. The summed E-state index contributed by atoms with van der Waals surface area (Å²) < 4.78 is 6.35. The molecule has 0 aromatic heterocycles. The van der Waals surface area contributed by atoms with Gasteiger partial charge in [0.2, 0.25) is 0 Å². The minimum Gasteiger partial charge on any atom is -0.484 e. The molecule has 5 nitrogen and oxygen atoms in total. The fourth-order valence-corrected chi connectivity index (χ4v) is 2.90. The summed E-state index contributed by atoms with van der Waals surface area (Å²) in [7, 11) is 0. The van der Waals surface area contributed by atoms with E-state index in [0.717, 1.165) is 23.1 Å². The molecule has 0 aliphatic carbocycles. The fraction of sp³-hybridized carbons (Fsp3) is 0.263. The molecule has 0 radical (unpaired) electrons. The van der Waals surface area contributed by atoms with Crippen molar-refractivity contribution in [2.75, 3.05) is 24.6 Å². The zero-order valence-electron chi connectivity index (χ0n) is 13.8. The van der Waals surface area contributed by atoms with Crippen molar-refractivity contribution in [3.63, 3.8) is 0 Å². The van der Waals surface area contributed by atoms with Gasteiger partial charge in [-0.05, 0) is 54.8 Å². The van der Waals surface area contributed by atoms with Crippen molar-refractivity contribution in [3.05, 3.63) is 58.6 Å². The third-order valence-corrected chi connectivity index (χ3v) is 4.48. The van der Waals surface area contributed by atoms with E-state index < -0.39 is 0 Å². The van der Waals surface area contributed by atoms with Crippen LogP contribution >= 0.6 is 15.9 Å². The highest BCUT2D eigenvalue weighted by atomic mass is 79.9. The third-order valence-electron chi connectivity index (χ3n) is 3.95. The molecule has 0 unspecified atom stereocenters. The van der Waals surface area contributed by atoms with Gasteiger partial charge in [-0.1, -0.05) is 28.1 Å². The molecule has 1 aliphatic rings. The molecule has 1 heterocycles. The molecule has 2 aromatic carbocycles. The highest BCUT2D eigenvalue weighted by Gasteiger charge is 2.11. The first-order valence-corrected chi connectivity index (χ1v) is 9.05. The predicted octanol–water partition coefficient (Wildman–Crippen LogP) is 3.58. The monoisotopic (exact) mass is 401 g/mol. The van der Waals surface area contributed by atoms with Gasteiger partial charge in [-0.2, -0.15) is 5.10 Å². The molecule has 6 heteroatoms. The standard InChI is InChI=1S/C19H20BrN3O2/c20-16-5-9-18(10-6-16)25-14-19(24)22-21-13-15-3-7-17(8-4-15)23-11-1-2-12-23/h3-10,13H,1-2,11-12,14H2,(H,22,24)/b21-13+. The Hall–Kier alpha value is -2.34. The molecule has 0 atom stereocenters. The van der Waals surface area contributed by atoms with Crippen LogP contribution in [0.4, 0.5) is 5.69 Å². The maximum absolute atomic E-state index is 11.7. The van der Waals surface area contributed by atoms with Gasteiger partial charge in [0.25, 0.3) is 5.91 Å². The Kier molecular flexibility index (Phi) is 6.06. The Morgan fingerprint density at radius 3 is 2.48 bits per heavy atom. The van der Waals surface area contributed by atoms with Crippen LogP contribution in [0.15, 0.2) is 58.1 Å². The van der Waals surface area contributed by atoms with Gasteiger partial charge in [-0.3, -0.25) is 4.79 Å². The molecule has 3 rings (SSSR count). The van der Waals surface area contributed by atoms with Crippen LogP contribution in [0.5, 0.6) is 5.75 Å². The minimum atomic E-state index is -0.298. The summed E-state index contributed by atoms with van der Waals surface area (Å²) in [6, 6.07) is 15.5. The lowest BCUT2D eigenvalue weighted by molar-refractivity contribution is -0.123. The molecule has 1 aliphatic heterocycles. The van der Waals surface area contributed by atoms with Crippen LogP contribution < -0.4 is 15.1 Å². The van der Waals surface area contributed by atoms with Gasteiger partial charge < -0.3 is 9.64 Å². The van der Waals surface area contributed by atoms with E-state index in [-0.39, 0.29) is 12.5 Å². The molecule has 1 amide bonds. The Balaban J connectivity index is 1.44. The lowest BCUT2D eigenvalue weighted by Gasteiger charge is -2.17. The second-order valence-electron chi connectivity index (χ2n) is 5.82. The van der Waals surface area contributed by atoms with Gasteiger partial charge in [0.1, 0.15) is 5.75 Å². The molecule has 2 aromatic rings. The van der Waals surface area contributed by atoms with E-state index in [1.807, 2.05) is 24.3 Å². The maximum Gasteiger partial charge on any atom is 0.277 e. The van der Waals surface area contributed by atoms with Crippen molar-refractivity contribution in [2.45, 2.75) is 12.8 Å². The molecular formula is C19H20BrN3O2. The zero-order valence-corrected chi connectivity index (χ0v) is 15.4. The largest absolute Gasteiger partial charge is 0.484 e. The van der Waals surface area contributed by atoms with Crippen LogP contribution in [0, 0.1) is 0 Å². The van der Waals surface area contributed by atoms with Crippen LogP contribution in [0.3, 0.4) is 0 Å². The summed E-state index contributed by atoms with van der Waals surface area (Å²) in [5.41, 5.74) is 4.65. The number of hydrogen-bond acceptors (Lipinski definition) is 4. The molecule has 0 spiro atoms. The van der Waals surface area contributed by atoms with Crippen LogP contribution in [-0.2, 0) is 4.79 Å². The van der Waals surface area contributed by atoms with E-state index in [1.54, 1.807) is 18.3 Å². The zero-order chi connectivity index (χ0) is 17.5. The van der Waals surface area contributed by atoms with Crippen molar-refractivity contribution in [2.24, 2.45) is 5.10 Å². The van der Waals surface area contributed by atoms with Gasteiger partial charge >= 0.3 is 0 Å². The van der Waals surface area contributed by atoms with Gasteiger partial charge in [0, 0.05) is 23.2 Å². The number of hydrazone groups is 1. The van der Waals surface area contributed by atoms with Crippen molar-refractivity contribution < 1.29 is 9.53 Å². The topological polar surface area (TPSA) is 53.9 Å². The lowest BCUT2D eigenvalue weighted by Crippen LogP contribution is -2.24. The molecule has 0 saturated carbocycles. The second-order valence-corrected chi connectivity index (χ2v) is 6.74. The fourth-order valence-electron chi connectivity index (χ4n) is 2.64. The highest BCUT2D eigenvalue weighted by Crippen LogP contribution is 2.20. The van der Waals surface area contributed by atoms with E-state index >= 15 is 0 Å². The van der Waals surface area contributed by atoms with E-state index in [1.165, 1.54) is 18.5 Å². The Morgan fingerprint density at radius 1 is 1.12 bits per heavy atom. The Bertz CT molecular complexity index is 723. The average Bonchev–Trinajstić information content (AvgIpc) is 3.16. The first kappa shape index (κ1) is 17.5. The normalized spacial score (nSPS) is 14.0. The SMILES string of the molecule is O=C(COc1ccc(Br)cc1)N/N=C/c1ccc(N2CCCC2)cc1. The van der Waals surface area contributed by atoms with Gasteiger partial charge in [-0.25, -0.2) is 5.43 Å². The van der Waals surface area contributed by atoms with E-state index in [4.69, 9.17) is 4.74 Å². The van der Waals surface area contributed by atoms with Crippen LogP contribution in [0.25, 0.3) is 0 Å². The first-order valence-electron chi connectivity index (χ1n) is 8.26. The third kappa shape index (κ3) is 5.32.